The Balaban J connectivity index is 2.01. The quantitative estimate of drug-likeness (QED) is 0.705. The van der Waals surface area contributed by atoms with Gasteiger partial charge >= 0.3 is 6.09 Å². The summed E-state index contributed by atoms with van der Waals surface area (Å²) in [5.41, 5.74) is -0.385. The lowest BCUT2D eigenvalue weighted by Crippen LogP contribution is -2.48. The number of ether oxygens (including phenoxy) is 1. The van der Waals surface area contributed by atoms with Crippen molar-refractivity contribution in [2.45, 2.75) is 31.6 Å². The van der Waals surface area contributed by atoms with Crippen molar-refractivity contribution in [1.82, 2.24) is 9.80 Å². The van der Waals surface area contributed by atoms with Crippen molar-refractivity contribution in [2.24, 2.45) is 0 Å². The average molecular weight is 254 g/mol. The van der Waals surface area contributed by atoms with Gasteiger partial charge in [0.05, 0.1) is 12.1 Å². The highest BCUT2D eigenvalue weighted by Gasteiger charge is 2.46. The Kier molecular flexibility index (Phi) is 3.30. The number of carbonyl (C=O) groups is 2. The first-order chi connectivity index (χ1) is 8.47. The lowest BCUT2D eigenvalue weighted by atomic mass is 9.91. The Morgan fingerprint density at radius 2 is 2.06 bits per heavy atom. The Morgan fingerprint density at radius 1 is 1.44 bits per heavy atom. The molecule has 2 saturated heterocycles. The second-order valence-electron chi connectivity index (χ2n) is 4.84. The molecular weight excluding hydrogens is 236 g/mol. The molecule has 18 heavy (non-hydrogen) atoms. The first kappa shape index (κ1) is 12.9. The second kappa shape index (κ2) is 4.61. The molecule has 0 aromatic rings. The maximum atomic E-state index is 11.6. The van der Waals surface area contributed by atoms with Gasteiger partial charge in [0.1, 0.15) is 6.23 Å². The molecule has 0 radical (unpaired) electrons. The predicted octanol–water partition coefficient (Wildman–Crippen LogP) is 0.890. The van der Waals surface area contributed by atoms with E-state index in [4.69, 9.17) is 9.84 Å². The van der Waals surface area contributed by atoms with E-state index in [1.54, 1.807) is 4.90 Å². The van der Waals surface area contributed by atoms with Crippen LogP contribution in [0.1, 0.15) is 19.8 Å². The van der Waals surface area contributed by atoms with Gasteiger partial charge in [-0.25, -0.2) is 4.79 Å². The van der Waals surface area contributed by atoms with E-state index in [0.717, 1.165) is 0 Å². The molecule has 0 aromatic heterocycles. The SMILES string of the molecule is C=CC(=O)N1CC2(CCN(C(=O)O)CC2)OC1C. The number of rotatable bonds is 1. The van der Waals surface area contributed by atoms with Crippen molar-refractivity contribution in [3.05, 3.63) is 12.7 Å². The van der Waals surface area contributed by atoms with E-state index in [0.29, 0.717) is 32.5 Å². The van der Waals surface area contributed by atoms with Crippen molar-refractivity contribution in [2.75, 3.05) is 19.6 Å². The standard InChI is InChI=1S/C12H18N2O4/c1-3-10(15)14-8-12(18-9(14)2)4-6-13(7-5-12)11(16)17/h3,9H,1,4-8H2,2H3,(H,16,17). The number of carbonyl (C=O) groups excluding carboxylic acids is 1. The largest absolute Gasteiger partial charge is 0.465 e. The molecule has 100 valence electrons. The monoisotopic (exact) mass is 254 g/mol. The first-order valence-corrected chi connectivity index (χ1v) is 6.06. The van der Waals surface area contributed by atoms with Gasteiger partial charge in [0.15, 0.2) is 0 Å². The van der Waals surface area contributed by atoms with Gasteiger partial charge in [-0.15, -0.1) is 0 Å². The van der Waals surface area contributed by atoms with Crippen molar-refractivity contribution < 1.29 is 19.4 Å². The number of hydrogen-bond donors (Lipinski definition) is 1. The minimum Gasteiger partial charge on any atom is -0.465 e. The molecule has 1 unspecified atom stereocenters. The van der Waals surface area contributed by atoms with Crippen LogP contribution in [0, 0.1) is 0 Å². The van der Waals surface area contributed by atoms with Crippen LogP contribution >= 0.6 is 0 Å². The lowest BCUT2D eigenvalue weighted by Gasteiger charge is -2.36. The van der Waals surface area contributed by atoms with Crippen LogP contribution in [0.2, 0.25) is 0 Å². The summed E-state index contributed by atoms with van der Waals surface area (Å²) in [7, 11) is 0. The molecule has 2 rings (SSSR count). The van der Waals surface area contributed by atoms with E-state index in [1.807, 2.05) is 6.92 Å². The predicted molar refractivity (Wildman–Crippen MR) is 64.0 cm³/mol. The van der Waals surface area contributed by atoms with Crippen LogP contribution in [0.3, 0.4) is 0 Å². The van der Waals surface area contributed by atoms with Gasteiger partial charge in [0.2, 0.25) is 5.91 Å². The maximum absolute atomic E-state index is 11.6. The van der Waals surface area contributed by atoms with Gasteiger partial charge in [-0.05, 0) is 25.8 Å². The summed E-state index contributed by atoms with van der Waals surface area (Å²) < 4.78 is 5.89. The molecule has 2 aliphatic heterocycles. The lowest BCUT2D eigenvalue weighted by molar-refractivity contribution is -0.131. The zero-order chi connectivity index (χ0) is 13.3. The summed E-state index contributed by atoms with van der Waals surface area (Å²) in [5, 5.41) is 8.91. The molecule has 0 bridgehead atoms. The Hall–Kier alpha value is -1.56. The first-order valence-electron chi connectivity index (χ1n) is 6.06. The van der Waals surface area contributed by atoms with E-state index in [1.165, 1.54) is 11.0 Å². The van der Waals surface area contributed by atoms with Crippen molar-refractivity contribution in [3.8, 4) is 0 Å². The average Bonchev–Trinajstić information content (AvgIpc) is 2.66. The van der Waals surface area contributed by atoms with E-state index < -0.39 is 6.09 Å². The van der Waals surface area contributed by atoms with Crippen LogP contribution in [0.5, 0.6) is 0 Å². The van der Waals surface area contributed by atoms with Crippen molar-refractivity contribution in [3.63, 3.8) is 0 Å². The number of likely N-dealkylation sites (tertiary alicyclic amines) is 1. The Morgan fingerprint density at radius 3 is 2.56 bits per heavy atom. The van der Waals surface area contributed by atoms with Crippen LogP contribution < -0.4 is 0 Å². The third-order valence-electron chi connectivity index (χ3n) is 3.72. The van der Waals surface area contributed by atoms with Gasteiger partial charge in [0.25, 0.3) is 0 Å². The summed E-state index contributed by atoms with van der Waals surface area (Å²) >= 11 is 0. The fourth-order valence-electron chi connectivity index (χ4n) is 2.66. The molecule has 0 aromatic carbocycles. The number of amides is 2. The molecule has 6 nitrogen and oxygen atoms in total. The fraction of sp³-hybridized carbons (Fsp3) is 0.667. The molecular formula is C12H18N2O4. The molecule has 2 aliphatic rings. The molecule has 2 fully saturated rings. The zero-order valence-electron chi connectivity index (χ0n) is 10.5. The number of piperidine rings is 1. The highest BCUT2D eigenvalue weighted by atomic mass is 16.5. The summed E-state index contributed by atoms with van der Waals surface area (Å²) in [5.74, 6) is -0.139. The molecule has 2 heterocycles. The van der Waals surface area contributed by atoms with Gasteiger partial charge in [-0.2, -0.15) is 0 Å². The van der Waals surface area contributed by atoms with Crippen molar-refractivity contribution in [1.29, 1.82) is 0 Å². The molecule has 2 amide bonds. The molecule has 6 heteroatoms. The number of hydrogen-bond acceptors (Lipinski definition) is 3. The highest BCUT2D eigenvalue weighted by molar-refractivity contribution is 5.87. The molecule has 0 aliphatic carbocycles. The fourth-order valence-corrected chi connectivity index (χ4v) is 2.66. The van der Waals surface area contributed by atoms with Gasteiger partial charge in [0, 0.05) is 13.1 Å². The Labute approximate surface area is 106 Å². The third kappa shape index (κ3) is 2.20. The highest BCUT2D eigenvalue weighted by Crippen LogP contribution is 2.35. The maximum Gasteiger partial charge on any atom is 0.407 e. The topological polar surface area (TPSA) is 70.1 Å². The zero-order valence-corrected chi connectivity index (χ0v) is 10.5. The number of nitrogens with zero attached hydrogens (tertiary/aromatic N) is 2. The summed E-state index contributed by atoms with van der Waals surface area (Å²) in [4.78, 5) is 25.5. The normalized spacial score (nSPS) is 26.4. The van der Waals surface area contributed by atoms with Crippen LogP contribution in [0.25, 0.3) is 0 Å². The van der Waals surface area contributed by atoms with Crippen LogP contribution in [-0.4, -0.2) is 58.4 Å². The van der Waals surface area contributed by atoms with Crippen LogP contribution in [0.15, 0.2) is 12.7 Å². The van der Waals surface area contributed by atoms with E-state index in [9.17, 15) is 9.59 Å². The van der Waals surface area contributed by atoms with E-state index in [-0.39, 0.29) is 17.7 Å². The van der Waals surface area contributed by atoms with Gasteiger partial charge in [-0.3, -0.25) is 4.79 Å². The van der Waals surface area contributed by atoms with Crippen molar-refractivity contribution >= 4 is 12.0 Å². The Bertz CT molecular complexity index is 374. The van der Waals surface area contributed by atoms with Crippen LogP contribution in [-0.2, 0) is 9.53 Å². The molecule has 1 spiro atoms. The smallest absolute Gasteiger partial charge is 0.407 e. The second-order valence-corrected chi connectivity index (χ2v) is 4.84. The van der Waals surface area contributed by atoms with Crippen LogP contribution in [0.4, 0.5) is 4.79 Å². The minimum atomic E-state index is -0.894. The third-order valence-corrected chi connectivity index (χ3v) is 3.72. The molecule has 1 N–H and O–H groups in total. The van der Waals surface area contributed by atoms with Gasteiger partial charge < -0.3 is 19.6 Å². The van der Waals surface area contributed by atoms with Gasteiger partial charge in [-0.1, -0.05) is 6.58 Å². The number of carboxylic acid groups (broad SMARTS) is 1. The molecule has 1 atom stereocenters. The molecule has 0 saturated carbocycles. The minimum absolute atomic E-state index is 0.139. The van der Waals surface area contributed by atoms with E-state index in [2.05, 4.69) is 6.58 Å². The summed E-state index contributed by atoms with van der Waals surface area (Å²) in [6.07, 6.45) is 1.38. The summed E-state index contributed by atoms with van der Waals surface area (Å²) in [6, 6.07) is 0. The summed E-state index contributed by atoms with van der Waals surface area (Å²) in [6.45, 7) is 6.74. The van der Waals surface area contributed by atoms with E-state index >= 15 is 0 Å².